The number of rotatable bonds is 7. The van der Waals surface area contributed by atoms with Crippen molar-refractivity contribution in [1.29, 1.82) is 0 Å². The molecule has 0 radical (unpaired) electrons. The van der Waals surface area contributed by atoms with Crippen LogP contribution in [0, 0.1) is 6.92 Å². The van der Waals surface area contributed by atoms with E-state index < -0.39 is 12.1 Å². The Labute approximate surface area is 184 Å². The number of benzene rings is 3. The fourth-order valence-electron chi connectivity index (χ4n) is 2.65. The van der Waals surface area contributed by atoms with Crippen LogP contribution in [0.5, 0.6) is 5.75 Å². The summed E-state index contributed by atoms with van der Waals surface area (Å²) in [7, 11) is 0. The van der Waals surface area contributed by atoms with Gasteiger partial charge >= 0.3 is 5.97 Å². The van der Waals surface area contributed by atoms with E-state index in [4.69, 9.17) is 32.7 Å². The molecule has 3 aromatic carbocycles. The van der Waals surface area contributed by atoms with Gasteiger partial charge in [-0.05, 0) is 74.0 Å². The highest BCUT2D eigenvalue weighted by Crippen LogP contribution is 2.31. The number of hydrogen-bond acceptors (Lipinski definition) is 4. The zero-order chi connectivity index (χ0) is 20.8. The van der Waals surface area contributed by atoms with Crippen molar-refractivity contribution in [2.24, 2.45) is 0 Å². The molecule has 0 aromatic heterocycles. The van der Waals surface area contributed by atoms with Crippen molar-refractivity contribution >= 4 is 40.9 Å². The number of hydrogen-bond donors (Lipinski definition) is 0. The summed E-state index contributed by atoms with van der Waals surface area (Å²) in [5.74, 6) is 0.128. The molecule has 6 heteroatoms. The molecular weight excluding hydrogens is 427 g/mol. The van der Waals surface area contributed by atoms with E-state index in [2.05, 4.69) is 0 Å². The van der Waals surface area contributed by atoms with Crippen LogP contribution < -0.4 is 4.74 Å². The molecule has 0 saturated heterocycles. The predicted octanol–water partition coefficient (Wildman–Crippen LogP) is 7.14. The van der Waals surface area contributed by atoms with Gasteiger partial charge in [0.15, 0.2) is 0 Å². The zero-order valence-electron chi connectivity index (χ0n) is 16.0. The molecule has 0 heterocycles. The van der Waals surface area contributed by atoms with Crippen molar-refractivity contribution in [1.82, 2.24) is 0 Å². The molecule has 0 N–H and O–H groups in total. The van der Waals surface area contributed by atoms with E-state index in [1.165, 1.54) is 0 Å². The lowest BCUT2D eigenvalue weighted by atomic mass is 10.1. The quantitative estimate of drug-likeness (QED) is 0.361. The van der Waals surface area contributed by atoms with Crippen molar-refractivity contribution < 1.29 is 14.3 Å². The molecule has 29 heavy (non-hydrogen) atoms. The first-order valence-corrected chi connectivity index (χ1v) is 10.7. The maximum Gasteiger partial charge on any atom is 0.352 e. The summed E-state index contributed by atoms with van der Waals surface area (Å²) < 4.78 is 11.2. The number of carbonyl (C=O) groups excluding carboxylic acids is 1. The maximum atomic E-state index is 12.5. The minimum absolute atomic E-state index is 0.281. The molecule has 0 spiro atoms. The summed E-state index contributed by atoms with van der Waals surface area (Å²) in [5.41, 5.74) is 1.60. The molecule has 3 aromatic rings. The van der Waals surface area contributed by atoms with Crippen molar-refractivity contribution in [3.05, 3.63) is 87.9 Å². The smallest absolute Gasteiger partial charge is 0.352 e. The van der Waals surface area contributed by atoms with Crippen molar-refractivity contribution in [3.63, 3.8) is 0 Å². The third-order valence-corrected chi connectivity index (χ3v) is 5.81. The highest BCUT2D eigenvalue weighted by atomic mass is 35.5. The van der Waals surface area contributed by atoms with E-state index in [9.17, 15) is 4.79 Å². The second-order valence-electron chi connectivity index (χ2n) is 6.29. The summed E-state index contributed by atoms with van der Waals surface area (Å²) in [5, 5.41) is 1.35. The molecule has 0 aliphatic carbocycles. The lowest BCUT2D eigenvalue weighted by Gasteiger charge is -2.19. The van der Waals surface area contributed by atoms with E-state index in [0.717, 1.165) is 20.9 Å². The van der Waals surface area contributed by atoms with Crippen LogP contribution in [-0.4, -0.2) is 12.6 Å². The molecule has 0 aliphatic heterocycles. The Morgan fingerprint density at radius 1 is 0.966 bits per heavy atom. The van der Waals surface area contributed by atoms with Gasteiger partial charge in [0.25, 0.3) is 0 Å². The van der Waals surface area contributed by atoms with Crippen LogP contribution in [0.2, 0.25) is 10.0 Å². The van der Waals surface area contributed by atoms with E-state index in [-0.39, 0.29) is 6.61 Å². The molecule has 1 atom stereocenters. The monoisotopic (exact) mass is 446 g/mol. The lowest BCUT2D eigenvalue weighted by Crippen LogP contribution is -2.21. The number of ether oxygens (including phenoxy) is 2. The molecule has 0 saturated carbocycles. The van der Waals surface area contributed by atoms with Crippen LogP contribution in [-0.2, 0) is 9.53 Å². The summed E-state index contributed by atoms with van der Waals surface area (Å²) in [4.78, 5) is 14.6. The van der Waals surface area contributed by atoms with Gasteiger partial charge in [-0.25, -0.2) is 4.79 Å². The van der Waals surface area contributed by atoms with Gasteiger partial charge in [-0.15, -0.1) is 0 Å². The Hall–Kier alpha value is -2.14. The number of aryl methyl sites for hydroxylation is 1. The molecule has 3 nitrogen and oxygen atoms in total. The fraction of sp³-hybridized carbons (Fsp3) is 0.174. The van der Waals surface area contributed by atoms with Crippen molar-refractivity contribution in [2.75, 3.05) is 6.61 Å². The number of halogens is 2. The van der Waals surface area contributed by atoms with E-state index in [0.29, 0.717) is 15.8 Å². The minimum Gasteiger partial charge on any atom is -0.474 e. The SMILES string of the molecule is CCOC(=O)C(Oc1ccc(Cl)c(C)c1)c1ccc(Sc2ccc(Cl)cc2)cc1. The Balaban J connectivity index is 1.80. The first-order chi connectivity index (χ1) is 14.0. The maximum absolute atomic E-state index is 12.5. The third-order valence-electron chi connectivity index (χ3n) is 4.12. The lowest BCUT2D eigenvalue weighted by molar-refractivity contribution is -0.151. The summed E-state index contributed by atoms with van der Waals surface area (Å²) in [6.45, 7) is 3.94. The highest BCUT2D eigenvalue weighted by Gasteiger charge is 2.24. The summed E-state index contributed by atoms with van der Waals surface area (Å²) in [6, 6.07) is 20.6. The summed E-state index contributed by atoms with van der Waals surface area (Å²) in [6.07, 6.45) is -0.856. The predicted molar refractivity (Wildman–Crippen MR) is 118 cm³/mol. The van der Waals surface area contributed by atoms with Crippen LogP contribution in [0.4, 0.5) is 0 Å². The Morgan fingerprint density at radius 3 is 2.17 bits per heavy atom. The average Bonchev–Trinajstić information content (AvgIpc) is 2.71. The van der Waals surface area contributed by atoms with E-state index >= 15 is 0 Å². The molecule has 0 aliphatic rings. The Kier molecular flexibility index (Phi) is 7.48. The van der Waals surface area contributed by atoms with Crippen LogP contribution in [0.3, 0.4) is 0 Å². The molecule has 3 rings (SSSR count). The molecule has 0 bridgehead atoms. The summed E-state index contributed by atoms with van der Waals surface area (Å²) >= 11 is 13.6. The van der Waals surface area contributed by atoms with Crippen LogP contribution >= 0.6 is 35.0 Å². The standard InChI is InChI=1S/C23H20Cl2O3S/c1-3-27-23(26)22(28-18-8-13-21(25)15(2)14-18)16-4-9-19(10-5-16)29-20-11-6-17(24)7-12-20/h4-14,22H,3H2,1-2H3. The minimum atomic E-state index is -0.856. The first-order valence-electron chi connectivity index (χ1n) is 9.09. The zero-order valence-corrected chi connectivity index (χ0v) is 18.4. The van der Waals surface area contributed by atoms with Gasteiger partial charge in [0.1, 0.15) is 5.75 Å². The van der Waals surface area contributed by atoms with Gasteiger partial charge in [-0.1, -0.05) is 47.1 Å². The second kappa shape index (κ2) is 10.1. The third kappa shape index (κ3) is 5.92. The van der Waals surface area contributed by atoms with Gasteiger partial charge in [0.2, 0.25) is 6.10 Å². The number of carbonyl (C=O) groups is 1. The molecule has 150 valence electrons. The first kappa shape index (κ1) is 21.6. The molecular formula is C23H20Cl2O3S. The Bertz CT molecular complexity index is 972. The molecule has 1 unspecified atom stereocenters. The van der Waals surface area contributed by atoms with E-state index in [1.807, 2.05) is 55.5 Å². The van der Waals surface area contributed by atoms with Gasteiger partial charge in [-0.3, -0.25) is 0 Å². The second-order valence-corrected chi connectivity index (χ2v) is 8.28. The fourth-order valence-corrected chi connectivity index (χ4v) is 3.71. The van der Waals surface area contributed by atoms with Crippen LogP contribution in [0.15, 0.2) is 76.5 Å². The molecule has 0 fully saturated rings. The largest absolute Gasteiger partial charge is 0.474 e. The topological polar surface area (TPSA) is 35.5 Å². The Morgan fingerprint density at radius 2 is 1.59 bits per heavy atom. The highest BCUT2D eigenvalue weighted by molar-refractivity contribution is 7.99. The average molecular weight is 447 g/mol. The van der Waals surface area contributed by atoms with E-state index in [1.54, 1.807) is 36.9 Å². The van der Waals surface area contributed by atoms with Gasteiger partial charge in [-0.2, -0.15) is 0 Å². The van der Waals surface area contributed by atoms with Crippen molar-refractivity contribution in [2.45, 2.75) is 29.7 Å². The van der Waals surface area contributed by atoms with Crippen LogP contribution in [0.1, 0.15) is 24.2 Å². The van der Waals surface area contributed by atoms with Gasteiger partial charge < -0.3 is 9.47 Å². The van der Waals surface area contributed by atoms with Gasteiger partial charge in [0.05, 0.1) is 6.61 Å². The molecule has 0 amide bonds. The normalized spacial score (nSPS) is 11.7. The van der Waals surface area contributed by atoms with Crippen LogP contribution in [0.25, 0.3) is 0 Å². The number of esters is 1. The van der Waals surface area contributed by atoms with Crippen molar-refractivity contribution in [3.8, 4) is 5.75 Å². The van der Waals surface area contributed by atoms with Gasteiger partial charge in [0, 0.05) is 25.4 Å².